The predicted molar refractivity (Wildman–Crippen MR) is 72.5 cm³/mol. The molecule has 0 fully saturated rings. The average molecular weight is 230 g/mol. The molecule has 0 spiro atoms. The molecule has 0 unspecified atom stereocenters. The molecule has 0 amide bonds. The molecule has 0 bridgehead atoms. The van der Waals surface area contributed by atoms with Crippen LogP contribution in [0, 0.1) is 0 Å². The first-order valence-corrected chi connectivity index (χ1v) is 8.64. The van der Waals surface area contributed by atoms with Crippen molar-refractivity contribution in [2.24, 2.45) is 0 Å². The lowest BCUT2D eigenvalue weighted by Crippen LogP contribution is -2.67. The normalized spacial score (nSPS) is 13.2. The molecule has 0 radical (unpaired) electrons. The smallest absolute Gasteiger partial charge is 0.206 e. The van der Waals surface area contributed by atoms with E-state index in [0.717, 1.165) is 13.1 Å². The molecule has 0 aliphatic heterocycles. The van der Waals surface area contributed by atoms with Gasteiger partial charge in [-0.1, -0.05) is 54.4 Å². The SMILES string of the molecule is CCCC[Si](NCC)(NCC)C(C)(C)C. The summed E-state index contributed by atoms with van der Waals surface area (Å²) in [4.78, 5) is 7.60. The summed E-state index contributed by atoms with van der Waals surface area (Å²) in [6.07, 6.45) is 2.63. The second-order valence-corrected chi connectivity index (χ2v) is 9.84. The van der Waals surface area contributed by atoms with Gasteiger partial charge in [0.15, 0.2) is 0 Å². The van der Waals surface area contributed by atoms with Gasteiger partial charge in [0.1, 0.15) is 0 Å². The van der Waals surface area contributed by atoms with E-state index in [4.69, 9.17) is 0 Å². The van der Waals surface area contributed by atoms with Crippen molar-refractivity contribution in [2.45, 2.75) is 65.5 Å². The number of hydrogen-bond acceptors (Lipinski definition) is 2. The summed E-state index contributed by atoms with van der Waals surface area (Å²) >= 11 is 0. The summed E-state index contributed by atoms with van der Waals surface area (Å²) in [5.41, 5.74) is 0. The van der Waals surface area contributed by atoms with E-state index in [9.17, 15) is 0 Å². The third-order valence-electron chi connectivity index (χ3n) is 3.14. The van der Waals surface area contributed by atoms with Gasteiger partial charge in [-0.3, -0.25) is 0 Å². The molecule has 0 aromatic carbocycles. The van der Waals surface area contributed by atoms with E-state index in [1.807, 2.05) is 0 Å². The van der Waals surface area contributed by atoms with Crippen molar-refractivity contribution >= 4 is 8.40 Å². The van der Waals surface area contributed by atoms with Crippen molar-refractivity contribution in [3.05, 3.63) is 0 Å². The second kappa shape index (κ2) is 6.66. The maximum atomic E-state index is 3.80. The summed E-state index contributed by atoms with van der Waals surface area (Å²) in [6, 6.07) is 1.34. The van der Waals surface area contributed by atoms with Crippen molar-refractivity contribution in [2.75, 3.05) is 13.1 Å². The van der Waals surface area contributed by atoms with Crippen molar-refractivity contribution in [1.82, 2.24) is 9.96 Å². The molecular weight excluding hydrogens is 200 g/mol. The van der Waals surface area contributed by atoms with Gasteiger partial charge in [0, 0.05) is 0 Å². The van der Waals surface area contributed by atoms with Gasteiger partial charge in [0.2, 0.25) is 8.40 Å². The molecule has 2 N–H and O–H groups in total. The first-order valence-electron chi connectivity index (χ1n) is 6.43. The van der Waals surface area contributed by atoms with Gasteiger partial charge < -0.3 is 9.96 Å². The maximum Gasteiger partial charge on any atom is 0.206 e. The van der Waals surface area contributed by atoms with Gasteiger partial charge in [-0.2, -0.15) is 0 Å². The number of nitrogens with one attached hydrogen (secondary N) is 2. The molecule has 0 rings (SSSR count). The Morgan fingerprint density at radius 1 is 0.933 bits per heavy atom. The van der Waals surface area contributed by atoms with E-state index in [1.54, 1.807) is 0 Å². The summed E-state index contributed by atoms with van der Waals surface area (Å²) in [5.74, 6) is 0. The fourth-order valence-electron chi connectivity index (χ4n) is 2.19. The first-order chi connectivity index (χ1) is 6.93. The molecule has 92 valence electrons. The summed E-state index contributed by atoms with van der Waals surface area (Å²) in [5, 5.41) is 0.383. The maximum absolute atomic E-state index is 3.80. The minimum absolute atomic E-state index is 0.383. The molecule has 0 aliphatic rings. The van der Waals surface area contributed by atoms with E-state index < -0.39 is 8.40 Å². The van der Waals surface area contributed by atoms with E-state index in [2.05, 4.69) is 51.5 Å². The molecule has 2 nitrogen and oxygen atoms in total. The summed E-state index contributed by atoms with van der Waals surface area (Å²) < 4.78 is 0. The van der Waals surface area contributed by atoms with E-state index in [-0.39, 0.29) is 0 Å². The van der Waals surface area contributed by atoms with E-state index >= 15 is 0 Å². The van der Waals surface area contributed by atoms with Crippen molar-refractivity contribution < 1.29 is 0 Å². The Bertz CT molecular complexity index is 157. The Morgan fingerprint density at radius 2 is 1.40 bits per heavy atom. The van der Waals surface area contributed by atoms with Crippen LogP contribution in [-0.4, -0.2) is 21.5 Å². The average Bonchev–Trinajstić information content (AvgIpc) is 2.13. The fourth-order valence-corrected chi connectivity index (χ4v) is 6.57. The van der Waals surface area contributed by atoms with Crippen molar-refractivity contribution in [1.29, 1.82) is 0 Å². The van der Waals surface area contributed by atoms with Crippen molar-refractivity contribution in [3.8, 4) is 0 Å². The zero-order valence-corrected chi connectivity index (χ0v) is 12.5. The number of unbranched alkanes of at least 4 members (excludes halogenated alkanes) is 1. The predicted octanol–water partition coefficient (Wildman–Crippen LogP) is 3.25. The highest BCUT2D eigenvalue weighted by atomic mass is 28.3. The zero-order chi connectivity index (χ0) is 11.9. The van der Waals surface area contributed by atoms with E-state index in [0.29, 0.717) is 5.04 Å². The minimum Gasteiger partial charge on any atom is -0.325 e. The highest BCUT2D eigenvalue weighted by Gasteiger charge is 2.43. The monoisotopic (exact) mass is 230 g/mol. The summed E-state index contributed by atoms with van der Waals surface area (Å²) in [6.45, 7) is 16.0. The van der Waals surface area contributed by atoms with Crippen LogP contribution in [0.3, 0.4) is 0 Å². The lowest BCUT2D eigenvalue weighted by molar-refractivity contribution is 0.625. The highest BCUT2D eigenvalue weighted by Crippen LogP contribution is 2.35. The Hall–Kier alpha value is 0.137. The third-order valence-corrected chi connectivity index (χ3v) is 8.72. The minimum atomic E-state index is -1.52. The molecule has 0 saturated carbocycles. The molecule has 0 heterocycles. The molecule has 0 aromatic rings. The van der Waals surface area contributed by atoms with Crippen molar-refractivity contribution in [3.63, 3.8) is 0 Å². The van der Waals surface area contributed by atoms with E-state index in [1.165, 1.54) is 18.9 Å². The Kier molecular flexibility index (Phi) is 6.72. The molecule has 0 aliphatic carbocycles. The van der Waals surface area contributed by atoms with Gasteiger partial charge in [-0.05, 0) is 24.2 Å². The Labute approximate surface area is 97.4 Å². The summed E-state index contributed by atoms with van der Waals surface area (Å²) in [7, 11) is -1.52. The first kappa shape index (κ1) is 15.1. The van der Waals surface area contributed by atoms with Crippen LogP contribution in [0.5, 0.6) is 0 Å². The fraction of sp³-hybridized carbons (Fsp3) is 1.00. The lowest BCUT2D eigenvalue weighted by Gasteiger charge is -2.43. The topological polar surface area (TPSA) is 24.1 Å². The Balaban J connectivity index is 4.72. The van der Waals surface area contributed by atoms with Crippen LogP contribution in [0.15, 0.2) is 0 Å². The molecular formula is C12H30N2Si. The second-order valence-electron chi connectivity index (χ2n) is 5.32. The van der Waals surface area contributed by atoms with Crippen LogP contribution in [0.4, 0.5) is 0 Å². The van der Waals surface area contributed by atoms with Gasteiger partial charge in [0.25, 0.3) is 0 Å². The molecule has 0 saturated heterocycles. The molecule has 0 atom stereocenters. The molecule has 0 aromatic heterocycles. The number of rotatable bonds is 7. The standard InChI is InChI=1S/C12H30N2Si/c1-7-10-11-15(13-8-2,14-9-3)12(4,5)6/h13-14H,7-11H2,1-6H3. The Morgan fingerprint density at radius 3 is 1.67 bits per heavy atom. The van der Waals surface area contributed by atoms with Crippen LogP contribution in [0.1, 0.15) is 54.4 Å². The van der Waals surface area contributed by atoms with Crippen LogP contribution in [0.25, 0.3) is 0 Å². The van der Waals surface area contributed by atoms with Crippen LogP contribution in [-0.2, 0) is 0 Å². The largest absolute Gasteiger partial charge is 0.325 e. The third kappa shape index (κ3) is 4.25. The van der Waals surface area contributed by atoms with Crippen LogP contribution in [0.2, 0.25) is 11.1 Å². The molecule has 15 heavy (non-hydrogen) atoms. The zero-order valence-electron chi connectivity index (χ0n) is 11.5. The van der Waals surface area contributed by atoms with Crippen LogP contribution < -0.4 is 9.96 Å². The quantitative estimate of drug-likeness (QED) is 0.656. The van der Waals surface area contributed by atoms with Gasteiger partial charge in [-0.15, -0.1) is 0 Å². The lowest BCUT2D eigenvalue weighted by atomic mass is 10.2. The highest BCUT2D eigenvalue weighted by molar-refractivity contribution is 6.77. The van der Waals surface area contributed by atoms with Crippen LogP contribution >= 0.6 is 0 Å². The van der Waals surface area contributed by atoms with Gasteiger partial charge in [-0.25, -0.2) is 0 Å². The van der Waals surface area contributed by atoms with Gasteiger partial charge in [0.05, 0.1) is 0 Å². The number of hydrogen-bond donors (Lipinski definition) is 2. The molecule has 3 heteroatoms. The van der Waals surface area contributed by atoms with Gasteiger partial charge >= 0.3 is 0 Å².